The number of hydrogen-bond acceptors (Lipinski definition) is 10. The molecule has 12 nitrogen and oxygen atoms in total. The van der Waals surface area contributed by atoms with Crippen molar-refractivity contribution in [2.24, 2.45) is 10.9 Å². The van der Waals surface area contributed by atoms with Crippen LogP contribution in [0.2, 0.25) is 0 Å². The van der Waals surface area contributed by atoms with Crippen LogP contribution in [0.4, 0.5) is 5.69 Å². The molecule has 0 saturated heterocycles. The molecule has 5 rings (SSSR count). The molecule has 1 amide bonds. The molecule has 0 radical (unpaired) electrons. The Labute approximate surface area is 275 Å². The van der Waals surface area contributed by atoms with Gasteiger partial charge in [-0.3, -0.25) is 23.7 Å². The van der Waals surface area contributed by atoms with E-state index in [0.717, 1.165) is 30.4 Å². The molecule has 3 aromatic rings. The number of esters is 2. The van der Waals surface area contributed by atoms with Crippen LogP contribution in [-0.4, -0.2) is 53.8 Å². The first-order valence-corrected chi connectivity index (χ1v) is 15.8. The van der Waals surface area contributed by atoms with Gasteiger partial charge in [-0.15, -0.1) is 0 Å². The molecule has 0 spiro atoms. The van der Waals surface area contributed by atoms with Gasteiger partial charge < -0.3 is 24.2 Å². The van der Waals surface area contributed by atoms with E-state index < -0.39 is 29.5 Å². The number of methoxy groups -OCH3 is 1. The fourth-order valence-corrected chi connectivity index (χ4v) is 6.44. The highest BCUT2D eigenvalue weighted by Gasteiger charge is 2.37. The number of carboxylic acids is 1. The molecule has 1 aromatic heterocycles. The lowest BCUT2D eigenvalue weighted by Crippen LogP contribution is -2.41. The van der Waals surface area contributed by atoms with E-state index in [2.05, 4.69) is 4.99 Å². The summed E-state index contributed by atoms with van der Waals surface area (Å²) >= 11 is 1.11. The number of carbonyl (C=O) groups is 4. The van der Waals surface area contributed by atoms with Gasteiger partial charge in [0.1, 0.15) is 4.53 Å². The molecule has 1 N–H and O–H groups in total. The van der Waals surface area contributed by atoms with Gasteiger partial charge in [0.05, 0.1) is 42.3 Å². The fourth-order valence-electron chi connectivity index (χ4n) is 5.31. The molecule has 1 atom stereocenters. The Hall–Kier alpha value is -5.04. The summed E-state index contributed by atoms with van der Waals surface area (Å²) in [7, 11) is 1.43. The van der Waals surface area contributed by atoms with Gasteiger partial charge in [-0.05, 0) is 43.0 Å². The van der Waals surface area contributed by atoms with Gasteiger partial charge in [0.15, 0.2) is 16.3 Å². The summed E-state index contributed by atoms with van der Waals surface area (Å²) in [5.74, 6) is -1.66. The molecule has 248 valence electrons. The number of benzene rings is 2. The second-order valence-electron chi connectivity index (χ2n) is 11.3. The van der Waals surface area contributed by atoms with Crippen LogP contribution in [0.25, 0.3) is 5.57 Å². The molecular formula is C34H37N3O9S. The van der Waals surface area contributed by atoms with Crippen LogP contribution in [-0.2, 0) is 23.9 Å². The zero-order valence-corrected chi connectivity index (χ0v) is 28.1. The maximum atomic E-state index is 14.4. The third-order valence-corrected chi connectivity index (χ3v) is 8.17. The zero-order chi connectivity index (χ0) is 34.6. The van der Waals surface area contributed by atoms with Crippen LogP contribution in [0.15, 0.2) is 63.5 Å². The highest BCUT2D eigenvalue weighted by atomic mass is 32.1. The fraction of sp³-hybridized carbons (Fsp3) is 0.353. The van der Waals surface area contributed by atoms with Gasteiger partial charge in [0, 0.05) is 26.0 Å². The molecular weight excluding hydrogens is 626 g/mol. The highest BCUT2D eigenvalue weighted by molar-refractivity contribution is 7.07. The van der Waals surface area contributed by atoms with Crippen LogP contribution >= 0.6 is 11.3 Å². The third kappa shape index (κ3) is 7.19. The van der Waals surface area contributed by atoms with Gasteiger partial charge in [-0.1, -0.05) is 56.4 Å². The third-order valence-electron chi connectivity index (χ3n) is 7.12. The Morgan fingerprint density at radius 1 is 1.06 bits per heavy atom. The van der Waals surface area contributed by atoms with Crippen LogP contribution < -0.4 is 29.3 Å². The van der Waals surface area contributed by atoms with Gasteiger partial charge >= 0.3 is 11.9 Å². The molecule has 1 unspecified atom stereocenters. The van der Waals surface area contributed by atoms with Crippen LogP contribution in [0.1, 0.15) is 65.1 Å². The van der Waals surface area contributed by atoms with E-state index in [1.807, 2.05) is 45.0 Å². The molecule has 2 aliphatic rings. The SMILES string of the molecule is CC(=O)O.CCCN1C(=O)/C(=c2\sc3n(c2=O)C(c2ccc(OC(C)=O)c(OC)c2)C(C(=O)OCC(C)C)=C(C)N=3)c2ccccc21. The minimum absolute atomic E-state index is 0.0916. The van der Waals surface area contributed by atoms with E-state index in [1.165, 1.54) is 18.6 Å². The summed E-state index contributed by atoms with van der Waals surface area (Å²) in [6.07, 6.45) is 0.751. The second kappa shape index (κ2) is 14.6. The maximum absolute atomic E-state index is 14.4. The van der Waals surface area contributed by atoms with Crippen molar-refractivity contribution in [1.82, 2.24) is 4.57 Å². The monoisotopic (exact) mass is 663 g/mol. The molecule has 0 aliphatic carbocycles. The minimum Gasteiger partial charge on any atom is -0.493 e. The van der Waals surface area contributed by atoms with Crippen molar-refractivity contribution in [2.75, 3.05) is 25.2 Å². The normalized spacial score (nSPS) is 16.1. The molecule has 0 saturated carbocycles. The van der Waals surface area contributed by atoms with Crippen molar-refractivity contribution in [3.05, 3.63) is 84.5 Å². The summed E-state index contributed by atoms with van der Waals surface area (Å²) in [5, 5.41) is 7.42. The Kier molecular flexibility index (Phi) is 10.8. The van der Waals surface area contributed by atoms with Crippen molar-refractivity contribution in [2.45, 2.75) is 54.0 Å². The second-order valence-corrected chi connectivity index (χ2v) is 12.2. The van der Waals surface area contributed by atoms with Crippen molar-refractivity contribution in [3.8, 4) is 11.5 Å². The van der Waals surface area contributed by atoms with Crippen molar-refractivity contribution in [1.29, 1.82) is 0 Å². The Morgan fingerprint density at radius 3 is 2.36 bits per heavy atom. The zero-order valence-electron chi connectivity index (χ0n) is 27.3. The number of carboxylic acid groups (broad SMARTS) is 1. The van der Waals surface area contributed by atoms with E-state index in [4.69, 9.17) is 24.1 Å². The Morgan fingerprint density at radius 2 is 1.74 bits per heavy atom. The summed E-state index contributed by atoms with van der Waals surface area (Å²) in [5.41, 5.74) is 2.41. The number of allylic oxidation sites excluding steroid dienone is 1. The van der Waals surface area contributed by atoms with Gasteiger partial charge in [-0.2, -0.15) is 0 Å². The predicted molar refractivity (Wildman–Crippen MR) is 175 cm³/mol. The van der Waals surface area contributed by atoms with Crippen LogP contribution in [0.5, 0.6) is 11.5 Å². The molecule has 0 bridgehead atoms. The smallest absolute Gasteiger partial charge is 0.338 e. The maximum Gasteiger partial charge on any atom is 0.338 e. The lowest BCUT2D eigenvalue weighted by atomic mass is 9.95. The van der Waals surface area contributed by atoms with Crippen molar-refractivity contribution in [3.63, 3.8) is 0 Å². The molecule has 2 aromatic carbocycles. The molecule has 3 heterocycles. The number of fused-ring (bicyclic) bond motifs is 2. The van der Waals surface area contributed by atoms with Crippen LogP contribution in [0.3, 0.4) is 0 Å². The van der Waals surface area contributed by atoms with Crippen molar-refractivity contribution >= 4 is 46.4 Å². The first-order valence-electron chi connectivity index (χ1n) is 15.0. The number of hydrogen-bond donors (Lipinski definition) is 1. The Bertz CT molecular complexity index is 1950. The molecule has 2 aliphatic heterocycles. The van der Waals surface area contributed by atoms with Gasteiger partial charge in [0.25, 0.3) is 17.4 Å². The summed E-state index contributed by atoms with van der Waals surface area (Å²) < 4.78 is 18.1. The van der Waals surface area contributed by atoms with E-state index in [-0.39, 0.29) is 40.0 Å². The average Bonchev–Trinajstić information content (AvgIpc) is 3.47. The molecule has 47 heavy (non-hydrogen) atoms. The molecule has 13 heteroatoms. The topological polar surface area (TPSA) is 154 Å². The number of amides is 1. The summed E-state index contributed by atoms with van der Waals surface area (Å²) in [6.45, 7) is 10.6. The van der Waals surface area contributed by atoms with Crippen LogP contribution in [0, 0.1) is 5.92 Å². The average molecular weight is 664 g/mol. The van der Waals surface area contributed by atoms with E-state index in [9.17, 15) is 19.2 Å². The summed E-state index contributed by atoms with van der Waals surface area (Å²) in [6, 6.07) is 11.3. The number of ether oxygens (including phenoxy) is 3. The quantitative estimate of drug-likeness (QED) is 0.281. The van der Waals surface area contributed by atoms with E-state index >= 15 is 0 Å². The van der Waals surface area contributed by atoms with E-state index in [1.54, 1.807) is 30.0 Å². The minimum atomic E-state index is -0.941. The largest absolute Gasteiger partial charge is 0.493 e. The number of anilines is 1. The highest BCUT2D eigenvalue weighted by Crippen LogP contribution is 2.37. The molecule has 0 fully saturated rings. The number of thiazole rings is 1. The number of carbonyl (C=O) groups excluding carboxylic acids is 3. The predicted octanol–water partition coefficient (Wildman–Crippen LogP) is 3.59. The number of aromatic nitrogens is 1. The van der Waals surface area contributed by atoms with Gasteiger partial charge in [0.2, 0.25) is 0 Å². The lowest BCUT2D eigenvalue weighted by molar-refractivity contribution is -0.140. The van der Waals surface area contributed by atoms with Crippen molar-refractivity contribution < 1.29 is 38.5 Å². The first-order chi connectivity index (χ1) is 22.3. The van der Waals surface area contributed by atoms with E-state index in [0.29, 0.717) is 33.7 Å². The number of para-hydroxylation sites is 1. The first kappa shape index (κ1) is 34.8. The summed E-state index contributed by atoms with van der Waals surface area (Å²) in [4.78, 5) is 69.0. The number of rotatable bonds is 8. The Balaban J connectivity index is 0.00000118. The van der Waals surface area contributed by atoms with Gasteiger partial charge in [-0.25, -0.2) is 9.79 Å². The lowest BCUT2D eigenvalue weighted by Gasteiger charge is -2.25. The number of aliphatic carboxylic acids is 1. The standard InChI is InChI=1S/C32H33N3O7S.C2H4O2/c1-7-14-34-22-11-9-8-10-21(22)26(29(34)37)28-30(38)35-27(20-12-13-23(42-19(5)36)24(15-20)40-6)25(18(4)33-32(35)43-28)31(39)41-16-17(2)3;1-2(3)4/h8-13,15,17,27H,7,14,16H2,1-6H3;1H3,(H,3,4)/b28-26-;. The number of nitrogens with zero attached hydrogens (tertiary/aromatic N) is 3.